The van der Waals surface area contributed by atoms with Crippen molar-refractivity contribution >= 4 is 22.6 Å². The van der Waals surface area contributed by atoms with Crippen molar-refractivity contribution in [3.05, 3.63) is 28.5 Å². The largest absolute Gasteiger partial charge is 0.346 e. The SMILES string of the molecule is Cc1c[nH]c2nc(Cl)c(C(C)(C)C)cc12. The highest BCUT2D eigenvalue weighted by Crippen LogP contribution is 2.31. The van der Waals surface area contributed by atoms with Crippen LogP contribution in [0.25, 0.3) is 11.0 Å². The molecule has 0 bridgehead atoms. The van der Waals surface area contributed by atoms with Gasteiger partial charge in [0.05, 0.1) is 0 Å². The molecule has 0 aliphatic heterocycles. The number of hydrogen-bond acceptors (Lipinski definition) is 1. The highest BCUT2D eigenvalue weighted by Gasteiger charge is 2.19. The second kappa shape index (κ2) is 3.24. The molecule has 0 saturated heterocycles. The number of aromatic amines is 1. The molecule has 80 valence electrons. The molecule has 15 heavy (non-hydrogen) atoms. The smallest absolute Gasteiger partial charge is 0.139 e. The standard InChI is InChI=1S/C12H15ClN2/c1-7-6-14-11-8(7)5-9(10(13)15-11)12(2,3)4/h5-6H,1-4H3,(H,14,15). The van der Waals surface area contributed by atoms with E-state index in [0.29, 0.717) is 5.15 Å². The Bertz CT molecular complexity index is 506. The molecular formula is C12H15ClN2. The van der Waals surface area contributed by atoms with Crippen molar-refractivity contribution in [1.29, 1.82) is 0 Å². The first-order valence-electron chi connectivity index (χ1n) is 5.04. The summed E-state index contributed by atoms with van der Waals surface area (Å²) in [5, 5.41) is 1.75. The Kier molecular flexibility index (Phi) is 2.27. The van der Waals surface area contributed by atoms with Crippen molar-refractivity contribution in [3.63, 3.8) is 0 Å². The van der Waals surface area contributed by atoms with Gasteiger partial charge in [0.25, 0.3) is 0 Å². The molecule has 0 spiro atoms. The Morgan fingerprint density at radius 2 is 2.00 bits per heavy atom. The zero-order valence-electron chi connectivity index (χ0n) is 9.48. The number of hydrogen-bond donors (Lipinski definition) is 1. The Morgan fingerprint density at radius 3 is 2.60 bits per heavy atom. The maximum absolute atomic E-state index is 6.17. The van der Waals surface area contributed by atoms with E-state index in [-0.39, 0.29) is 5.41 Å². The van der Waals surface area contributed by atoms with Crippen LogP contribution in [-0.4, -0.2) is 9.97 Å². The van der Waals surface area contributed by atoms with E-state index in [1.165, 1.54) is 5.56 Å². The fraction of sp³-hybridized carbons (Fsp3) is 0.417. The summed E-state index contributed by atoms with van der Waals surface area (Å²) >= 11 is 6.17. The molecule has 0 aliphatic carbocycles. The summed E-state index contributed by atoms with van der Waals surface area (Å²) in [6.07, 6.45) is 1.96. The van der Waals surface area contributed by atoms with Gasteiger partial charge in [-0.3, -0.25) is 0 Å². The molecule has 2 aromatic heterocycles. The van der Waals surface area contributed by atoms with E-state index in [1.807, 2.05) is 6.20 Å². The van der Waals surface area contributed by atoms with Crippen LogP contribution in [0.1, 0.15) is 31.9 Å². The average Bonchev–Trinajstić information content (AvgIpc) is 2.44. The summed E-state index contributed by atoms with van der Waals surface area (Å²) in [6, 6.07) is 2.14. The van der Waals surface area contributed by atoms with Gasteiger partial charge in [0, 0.05) is 11.6 Å². The minimum atomic E-state index is 0.0297. The molecule has 2 nitrogen and oxygen atoms in total. The number of pyridine rings is 1. The van der Waals surface area contributed by atoms with Crippen LogP contribution in [0.5, 0.6) is 0 Å². The molecule has 0 radical (unpaired) electrons. The predicted octanol–water partition coefficient (Wildman–Crippen LogP) is 3.82. The highest BCUT2D eigenvalue weighted by molar-refractivity contribution is 6.30. The van der Waals surface area contributed by atoms with Crippen LogP contribution in [0.15, 0.2) is 12.3 Å². The Hall–Kier alpha value is -1.02. The van der Waals surface area contributed by atoms with Gasteiger partial charge in [-0.2, -0.15) is 0 Å². The molecule has 2 rings (SSSR count). The monoisotopic (exact) mass is 222 g/mol. The van der Waals surface area contributed by atoms with Crippen molar-refractivity contribution in [1.82, 2.24) is 9.97 Å². The number of aromatic nitrogens is 2. The van der Waals surface area contributed by atoms with Gasteiger partial charge in [0.1, 0.15) is 10.8 Å². The first-order valence-corrected chi connectivity index (χ1v) is 5.42. The molecule has 0 amide bonds. The number of H-pyrrole nitrogens is 1. The van der Waals surface area contributed by atoms with Crippen LogP contribution in [0, 0.1) is 6.92 Å². The number of halogens is 1. The fourth-order valence-corrected chi connectivity index (χ4v) is 2.10. The third-order valence-electron chi connectivity index (χ3n) is 2.63. The van der Waals surface area contributed by atoms with E-state index in [2.05, 4.69) is 43.7 Å². The quantitative estimate of drug-likeness (QED) is 0.675. The summed E-state index contributed by atoms with van der Waals surface area (Å²) in [6.45, 7) is 8.50. The van der Waals surface area contributed by atoms with E-state index in [1.54, 1.807) is 0 Å². The Morgan fingerprint density at radius 1 is 1.33 bits per heavy atom. The predicted molar refractivity (Wildman–Crippen MR) is 64.5 cm³/mol. The Labute approximate surface area is 94.7 Å². The topological polar surface area (TPSA) is 28.7 Å². The maximum Gasteiger partial charge on any atom is 0.139 e. The van der Waals surface area contributed by atoms with Gasteiger partial charge < -0.3 is 4.98 Å². The van der Waals surface area contributed by atoms with Gasteiger partial charge in [-0.05, 0) is 29.5 Å². The molecule has 1 N–H and O–H groups in total. The maximum atomic E-state index is 6.17. The molecule has 0 aliphatic rings. The van der Waals surface area contributed by atoms with E-state index < -0.39 is 0 Å². The van der Waals surface area contributed by atoms with Gasteiger partial charge in [0.15, 0.2) is 0 Å². The molecule has 2 heterocycles. The van der Waals surface area contributed by atoms with Crippen LogP contribution < -0.4 is 0 Å². The van der Waals surface area contributed by atoms with E-state index in [9.17, 15) is 0 Å². The van der Waals surface area contributed by atoms with Gasteiger partial charge in [-0.15, -0.1) is 0 Å². The van der Waals surface area contributed by atoms with E-state index >= 15 is 0 Å². The number of rotatable bonds is 0. The van der Waals surface area contributed by atoms with Crippen molar-refractivity contribution in [2.45, 2.75) is 33.1 Å². The summed E-state index contributed by atoms with van der Waals surface area (Å²) in [5.41, 5.74) is 3.20. The zero-order chi connectivity index (χ0) is 11.2. The van der Waals surface area contributed by atoms with Crippen molar-refractivity contribution in [2.24, 2.45) is 0 Å². The molecule has 2 aromatic rings. The van der Waals surface area contributed by atoms with Crippen molar-refractivity contribution in [3.8, 4) is 0 Å². The number of fused-ring (bicyclic) bond motifs is 1. The third-order valence-corrected chi connectivity index (χ3v) is 2.92. The van der Waals surface area contributed by atoms with E-state index in [4.69, 9.17) is 11.6 Å². The normalized spacial score (nSPS) is 12.3. The lowest BCUT2D eigenvalue weighted by Crippen LogP contribution is -2.12. The van der Waals surface area contributed by atoms with Crippen LogP contribution in [0.3, 0.4) is 0 Å². The number of nitrogens with zero attached hydrogens (tertiary/aromatic N) is 1. The molecule has 0 saturated carbocycles. The minimum Gasteiger partial charge on any atom is -0.346 e. The van der Waals surface area contributed by atoms with Crippen LogP contribution in [0.2, 0.25) is 5.15 Å². The summed E-state index contributed by atoms with van der Waals surface area (Å²) in [5.74, 6) is 0. The Balaban J connectivity index is 2.76. The summed E-state index contributed by atoms with van der Waals surface area (Å²) < 4.78 is 0. The molecule has 0 atom stereocenters. The van der Waals surface area contributed by atoms with Gasteiger partial charge in [-0.25, -0.2) is 4.98 Å². The zero-order valence-corrected chi connectivity index (χ0v) is 10.2. The van der Waals surface area contributed by atoms with Crippen LogP contribution >= 0.6 is 11.6 Å². The first-order chi connectivity index (χ1) is 6.89. The highest BCUT2D eigenvalue weighted by atomic mass is 35.5. The number of aryl methyl sites for hydroxylation is 1. The molecule has 0 unspecified atom stereocenters. The summed E-state index contributed by atoms with van der Waals surface area (Å²) in [4.78, 5) is 7.48. The van der Waals surface area contributed by atoms with Gasteiger partial charge >= 0.3 is 0 Å². The lowest BCUT2D eigenvalue weighted by molar-refractivity contribution is 0.589. The van der Waals surface area contributed by atoms with Gasteiger partial charge in [-0.1, -0.05) is 32.4 Å². The van der Waals surface area contributed by atoms with Crippen molar-refractivity contribution < 1.29 is 0 Å². The lowest BCUT2D eigenvalue weighted by atomic mass is 9.87. The third kappa shape index (κ3) is 1.74. The second-order valence-corrected chi connectivity index (χ2v) is 5.30. The van der Waals surface area contributed by atoms with Crippen LogP contribution in [-0.2, 0) is 5.41 Å². The van der Waals surface area contributed by atoms with Crippen molar-refractivity contribution in [2.75, 3.05) is 0 Å². The van der Waals surface area contributed by atoms with Crippen LogP contribution in [0.4, 0.5) is 0 Å². The lowest BCUT2D eigenvalue weighted by Gasteiger charge is -2.19. The van der Waals surface area contributed by atoms with Gasteiger partial charge in [0.2, 0.25) is 0 Å². The second-order valence-electron chi connectivity index (χ2n) is 4.94. The molecule has 0 aromatic carbocycles. The number of nitrogens with one attached hydrogen (secondary N) is 1. The fourth-order valence-electron chi connectivity index (χ4n) is 1.68. The van der Waals surface area contributed by atoms with E-state index in [0.717, 1.165) is 16.6 Å². The summed E-state index contributed by atoms with van der Waals surface area (Å²) in [7, 11) is 0. The first kappa shape index (κ1) is 10.5. The minimum absolute atomic E-state index is 0.0297. The molecular weight excluding hydrogens is 208 g/mol. The molecule has 3 heteroatoms. The molecule has 0 fully saturated rings. The average molecular weight is 223 g/mol.